The summed E-state index contributed by atoms with van der Waals surface area (Å²) in [7, 11) is -5.80. The smallest absolute Gasteiger partial charge is 0.285 e. The van der Waals surface area contributed by atoms with E-state index in [4.69, 9.17) is 4.55 Å². The molecule has 0 saturated carbocycles. The zero-order chi connectivity index (χ0) is 13.8. The highest BCUT2D eigenvalue weighted by Gasteiger charge is 2.53. The summed E-state index contributed by atoms with van der Waals surface area (Å²) in [5.41, 5.74) is 0. The van der Waals surface area contributed by atoms with E-state index >= 15 is 0 Å². The molecule has 100 valence electrons. The van der Waals surface area contributed by atoms with Crippen molar-refractivity contribution in [1.29, 1.82) is 0 Å². The summed E-state index contributed by atoms with van der Waals surface area (Å²) in [5.74, 6) is 0. The molecule has 0 aliphatic rings. The fraction of sp³-hybridized carbons (Fsp3) is 1.00. The minimum Gasteiger partial charge on any atom is -0.285 e. The van der Waals surface area contributed by atoms with Crippen LogP contribution in [0.4, 0.5) is 26.3 Å². The van der Waals surface area contributed by atoms with Crippen LogP contribution in [0.5, 0.6) is 0 Å². The third-order valence-corrected chi connectivity index (χ3v) is 2.29. The molecular weight excluding hydrogens is 266 g/mol. The molecule has 0 amide bonds. The Balaban J connectivity index is 0. The summed E-state index contributed by atoms with van der Waals surface area (Å²) < 4.78 is 97.5. The van der Waals surface area contributed by atoms with Crippen LogP contribution in [-0.2, 0) is 10.1 Å². The van der Waals surface area contributed by atoms with Crippen LogP contribution in [0.15, 0.2) is 0 Å². The molecule has 0 aliphatic carbocycles. The molecule has 0 aromatic carbocycles. The van der Waals surface area contributed by atoms with E-state index in [1.54, 1.807) is 0 Å². The van der Waals surface area contributed by atoms with Crippen LogP contribution >= 0.6 is 0 Å². The van der Waals surface area contributed by atoms with Crippen molar-refractivity contribution in [2.24, 2.45) is 0 Å². The van der Waals surface area contributed by atoms with Crippen molar-refractivity contribution in [3.05, 3.63) is 0 Å². The molecule has 0 bridgehead atoms. The van der Waals surface area contributed by atoms with Gasteiger partial charge < -0.3 is 0 Å². The lowest BCUT2D eigenvalue weighted by atomic mass is 10.3. The Bertz CT molecular complexity index is 290. The van der Waals surface area contributed by atoms with Crippen molar-refractivity contribution in [3.63, 3.8) is 0 Å². The minimum absolute atomic E-state index is 2.00. The van der Waals surface area contributed by atoms with E-state index in [1.807, 2.05) is 13.8 Å². The molecule has 0 saturated heterocycles. The second-order valence-electron chi connectivity index (χ2n) is 2.36. The molecule has 1 N–H and O–H groups in total. The second kappa shape index (κ2) is 5.71. The summed E-state index contributed by atoms with van der Waals surface area (Å²) in [4.78, 5) is 0. The lowest BCUT2D eigenvalue weighted by Crippen LogP contribution is -2.39. The van der Waals surface area contributed by atoms with Crippen molar-refractivity contribution in [3.8, 4) is 0 Å². The normalized spacial score (nSPS) is 15.1. The third-order valence-electron chi connectivity index (χ3n) is 1.14. The number of rotatable bonds is 2. The predicted octanol–water partition coefficient (Wildman–Crippen LogP) is 2.78. The van der Waals surface area contributed by atoms with Crippen LogP contribution in [-0.4, -0.2) is 30.6 Å². The molecule has 10 heteroatoms. The van der Waals surface area contributed by atoms with Gasteiger partial charge in [0, 0.05) is 0 Å². The number of hydrogen-bond donors (Lipinski definition) is 1. The van der Waals surface area contributed by atoms with Gasteiger partial charge in [0.2, 0.25) is 0 Å². The van der Waals surface area contributed by atoms with Crippen LogP contribution in [0.3, 0.4) is 0 Å². The molecule has 1 atom stereocenters. The average Bonchev–Trinajstić information content (AvgIpc) is 1.99. The minimum atomic E-state index is -5.80. The Morgan fingerprint density at radius 2 is 1.38 bits per heavy atom. The molecule has 16 heavy (non-hydrogen) atoms. The van der Waals surface area contributed by atoms with Gasteiger partial charge in [-0.2, -0.15) is 34.8 Å². The largest absolute Gasteiger partial charge is 0.408 e. The van der Waals surface area contributed by atoms with Gasteiger partial charge >= 0.3 is 12.4 Å². The SMILES string of the molecule is CC.O=S(=O)(O)C(CC(F)(F)F)C(F)(F)F. The maximum atomic E-state index is 11.7. The predicted molar refractivity (Wildman–Crippen MR) is 43.4 cm³/mol. The zero-order valence-corrected chi connectivity index (χ0v) is 9.04. The fourth-order valence-electron chi connectivity index (χ4n) is 0.600. The molecule has 0 spiro atoms. The van der Waals surface area contributed by atoms with E-state index < -0.39 is 34.1 Å². The summed E-state index contributed by atoms with van der Waals surface area (Å²) >= 11 is 0. The molecule has 0 rings (SSSR count). The molecule has 0 radical (unpaired) electrons. The lowest BCUT2D eigenvalue weighted by Gasteiger charge is -2.18. The second-order valence-corrected chi connectivity index (χ2v) is 3.96. The number of halogens is 6. The van der Waals surface area contributed by atoms with Crippen LogP contribution < -0.4 is 0 Å². The van der Waals surface area contributed by atoms with Crippen LogP contribution in [0.25, 0.3) is 0 Å². The van der Waals surface area contributed by atoms with E-state index in [9.17, 15) is 34.8 Å². The van der Waals surface area contributed by atoms with Gasteiger partial charge in [-0.1, -0.05) is 13.8 Å². The molecule has 0 heterocycles. The first-order chi connectivity index (χ1) is 6.84. The summed E-state index contributed by atoms with van der Waals surface area (Å²) in [6.45, 7) is 4.00. The summed E-state index contributed by atoms with van der Waals surface area (Å²) in [6, 6.07) is 0. The molecule has 0 aromatic rings. The fourth-order valence-corrected chi connectivity index (χ4v) is 1.34. The topological polar surface area (TPSA) is 54.4 Å². The van der Waals surface area contributed by atoms with Crippen molar-refractivity contribution in [2.45, 2.75) is 37.9 Å². The highest BCUT2D eigenvalue weighted by atomic mass is 32.2. The third kappa shape index (κ3) is 7.74. The lowest BCUT2D eigenvalue weighted by molar-refractivity contribution is -0.180. The maximum Gasteiger partial charge on any atom is 0.408 e. The van der Waals surface area contributed by atoms with Gasteiger partial charge in [0.05, 0.1) is 6.42 Å². The Morgan fingerprint density at radius 1 is 1.06 bits per heavy atom. The molecular formula is C6H10F6O3S. The maximum absolute atomic E-state index is 11.7. The van der Waals surface area contributed by atoms with Gasteiger partial charge in [0.25, 0.3) is 10.1 Å². The number of hydrogen-bond acceptors (Lipinski definition) is 2. The first kappa shape index (κ1) is 17.9. The highest BCUT2D eigenvalue weighted by molar-refractivity contribution is 7.86. The van der Waals surface area contributed by atoms with Crippen molar-refractivity contribution >= 4 is 10.1 Å². The van der Waals surface area contributed by atoms with E-state index in [0.29, 0.717) is 0 Å². The Labute approximate surface area is 88.2 Å². The first-order valence-corrected chi connectivity index (χ1v) is 5.44. The summed E-state index contributed by atoms with van der Waals surface area (Å²) in [5, 5.41) is -3.82. The van der Waals surface area contributed by atoms with Crippen LogP contribution in [0.2, 0.25) is 0 Å². The van der Waals surface area contributed by atoms with Crippen molar-refractivity contribution in [2.75, 3.05) is 0 Å². The van der Waals surface area contributed by atoms with Crippen molar-refractivity contribution < 1.29 is 39.3 Å². The molecule has 0 aromatic heterocycles. The quantitative estimate of drug-likeness (QED) is 0.623. The molecule has 0 aliphatic heterocycles. The Hall–Kier alpha value is -0.510. The van der Waals surface area contributed by atoms with Crippen LogP contribution in [0, 0.1) is 0 Å². The standard InChI is InChI=1S/C4H4F6O3S.C2H6/c5-3(6,7)1-2(4(8,9)10)14(11,12)13;1-2/h2H,1H2,(H,11,12,13);1-2H3. The molecule has 3 nitrogen and oxygen atoms in total. The van der Waals surface area contributed by atoms with Gasteiger partial charge in [-0.3, -0.25) is 4.55 Å². The van der Waals surface area contributed by atoms with Gasteiger partial charge in [0.15, 0.2) is 5.25 Å². The van der Waals surface area contributed by atoms with Crippen LogP contribution in [0.1, 0.15) is 20.3 Å². The number of alkyl halides is 6. The molecule has 0 fully saturated rings. The highest BCUT2D eigenvalue weighted by Crippen LogP contribution is 2.34. The molecule has 1 unspecified atom stereocenters. The first-order valence-electron chi connectivity index (χ1n) is 3.94. The van der Waals surface area contributed by atoms with Gasteiger partial charge in [-0.15, -0.1) is 0 Å². The van der Waals surface area contributed by atoms with Gasteiger partial charge in [0.1, 0.15) is 0 Å². The summed E-state index contributed by atoms with van der Waals surface area (Å²) in [6.07, 6.45) is -13.6. The Morgan fingerprint density at radius 3 is 1.44 bits per heavy atom. The van der Waals surface area contributed by atoms with Gasteiger partial charge in [-0.25, -0.2) is 0 Å². The monoisotopic (exact) mass is 276 g/mol. The van der Waals surface area contributed by atoms with E-state index in [-0.39, 0.29) is 0 Å². The Kier molecular flexibility index (Phi) is 6.38. The van der Waals surface area contributed by atoms with E-state index in [1.165, 1.54) is 0 Å². The average molecular weight is 276 g/mol. The van der Waals surface area contributed by atoms with E-state index in [2.05, 4.69) is 0 Å². The van der Waals surface area contributed by atoms with Gasteiger partial charge in [-0.05, 0) is 0 Å². The van der Waals surface area contributed by atoms with E-state index in [0.717, 1.165) is 0 Å². The van der Waals surface area contributed by atoms with Crippen molar-refractivity contribution in [1.82, 2.24) is 0 Å². The zero-order valence-electron chi connectivity index (χ0n) is 8.22.